The van der Waals surface area contributed by atoms with Crippen LogP contribution in [0.5, 0.6) is 0 Å². The van der Waals surface area contributed by atoms with Crippen LogP contribution in [-0.4, -0.2) is 15.0 Å². The second-order valence-corrected chi connectivity index (χ2v) is 6.30. The topological polar surface area (TPSA) is 46.2 Å². The van der Waals surface area contributed by atoms with E-state index in [0.717, 1.165) is 30.4 Å². The second-order valence-electron chi connectivity index (χ2n) is 4.53. The molecule has 19 heavy (non-hydrogen) atoms. The molecule has 0 fully saturated rings. The minimum absolute atomic E-state index is 0.314. The summed E-state index contributed by atoms with van der Waals surface area (Å²) in [4.78, 5) is 0.314. The molecule has 0 aliphatic heterocycles. The van der Waals surface area contributed by atoms with Gasteiger partial charge in [-0.3, -0.25) is 0 Å². The van der Waals surface area contributed by atoms with Crippen molar-refractivity contribution in [3.63, 3.8) is 0 Å². The standard InChI is InChI=1S/C15H21NO2S/c1-4-13(2)7-5-6-12-16-19(17,18)15-10-8-14(3)9-11-15/h4,8-11,16H,1-2,5-7,12H2,3H3. The van der Waals surface area contributed by atoms with E-state index in [2.05, 4.69) is 17.9 Å². The fourth-order valence-corrected chi connectivity index (χ4v) is 2.66. The first-order chi connectivity index (χ1) is 8.95. The molecule has 0 unspecified atom stereocenters. The summed E-state index contributed by atoms with van der Waals surface area (Å²) in [6.07, 6.45) is 4.28. The van der Waals surface area contributed by atoms with Crippen molar-refractivity contribution in [1.82, 2.24) is 4.72 Å². The van der Waals surface area contributed by atoms with E-state index >= 15 is 0 Å². The van der Waals surface area contributed by atoms with Gasteiger partial charge >= 0.3 is 0 Å². The van der Waals surface area contributed by atoms with E-state index in [1.807, 2.05) is 6.92 Å². The molecule has 0 aromatic heterocycles. The van der Waals surface area contributed by atoms with E-state index in [9.17, 15) is 8.42 Å². The largest absolute Gasteiger partial charge is 0.240 e. The summed E-state index contributed by atoms with van der Waals surface area (Å²) in [7, 11) is -3.38. The summed E-state index contributed by atoms with van der Waals surface area (Å²) >= 11 is 0. The van der Waals surface area contributed by atoms with Gasteiger partial charge in [0.15, 0.2) is 0 Å². The van der Waals surface area contributed by atoms with E-state index in [1.54, 1.807) is 30.3 Å². The molecular weight excluding hydrogens is 258 g/mol. The van der Waals surface area contributed by atoms with Gasteiger partial charge in [-0.15, -0.1) is 0 Å². The zero-order valence-corrected chi connectivity index (χ0v) is 12.2. The number of aryl methyl sites for hydroxylation is 1. The fraction of sp³-hybridized carbons (Fsp3) is 0.333. The summed E-state index contributed by atoms with van der Waals surface area (Å²) in [5.74, 6) is 0. The zero-order valence-electron chi connectivity index (χ0n) is 11.4. The molecule has 1 aromatic carbocycles. The molecule has 4 heteroatoms. The quantitative estimate of drug-likeness (QED) is 0.587. The number of unbranched alkanes of at least 4 members (excludes halogenated alkanes) is 1. The van der Waals surface area contributed by atoms with Crippen LogP contribution in [0.15, 0.2) is 54.0 Å². The second kappa shape index (κ2) is 7.26. The minimum Gasteiger partial charge on any atom is -0.211 e. The van der Waals surface area contributed by atoms with Crippen LogP contribution >= 0.6 is 0 Å². The van der Waals surface area contributed by atoms with Crippen LogP contribution < -0.4 is 4.72 Å². The lowest BCUT2D eigenvalue weighted by molar-refractivity contribution is 0.577. The van der Waals surface area contributed by atoms with E-state index in [-0.39, 0.29) is 0 Å². The number of nitrogens with one attached hydrogen (secondary N) is 1. The van der Waals surface area contributed by atoms with Crippen molar-refractivity contribution in [2.45, 2.75) is 31.1 Å². The molecule has 1 N–H and O–H groups in total. The Hall–Kier alpha value is -1.39. The Morgan fingerprint density at radius 1 is 1.26 bits per heavy atom. The summed E-state index contributed by atoms with van der Waals surface area (Å²) in [5.41, 5.74) is 2.03. The maximum Gasteiger partial charge on any atom is 0.240 e. The van der Waals surface area contributed by atoms with Crippen LogP contribution in [0.4, 0.5) is 0 Å². The molecule has 1 rings (SSSR count). The highest BCUT2D eigenvalue weighted by atomic mass is 32.2. The monoisotopic (exact) mass is 279 g/mol. The lowest BCUT2D eigenvalue weighted by Crippen LogP contribution is -2.24. The molecule has 3 nitrogen and oxygen atoms in total. The predicted molar refractivity (Wildman–Crippen MR) is 79.6 cm³/mol. The Bertz CT molecular complexity index is 530. The Kier molecular flexibility index (Phi) is 5.99. The molecule has 0 saturated heterocycles. The van der Waals surface area contributed by atoms with E-state index in [4.69, 9.17) is 0 Å². The molecule has 0 bridgehead atoms. The van der Waals surface area contributed by atoms with E-state index < -0.39 is 10.0 Å². The van der Waals surface area contributed by atoms with Gasteiger partial charge in [0.2, 0.25) is 10.0 Å². The van der Waals surface area contributed by atoms with Crippen molar-refractivity contribution in [1.29, 1.82) is 0 Å². The summed E-state index contributed by atoms with van der Waals surface area (Å²) in [6.45, 7) is 9.83. The third-order valence-corrected chi connectivity index (χ3v) is 4.31. The normalized spacial score (nSPS) is 11.2. The summed E-state index contributed by atoms with van der Waals surface area (Å²) < 4.78 is 26.5. The van der Waals surface area contributed by atoms with Gasteiger partial charge in [0, 0.05) is 6.54 Å². The lowest BCUT2D eigenvalue weighted by Gasteiger charge is -2.07. The molecule has 0 radical (unpaired) electrons. The van der Waals surface area contributed by atoms with E-state index in [0.29, 0.717) is 11.4 Å². The molecule has 0 atom stereocenters. The highest BCUT2D eigenvalue weighted by Crippen LogP contribution is 2.10. The number of rotatable bonds is 8. The van der Waals surface area contributed by atoms with Gasteiger partial charge in [-0.05, 0) is 38.3 Å². The van der Waals surface area contributed by atoms with Gasteiger partial charge in [-0.25, -0.2) is 13.1 Å². The molecule has 0 amide bonds. The summed E-state index contributed by atoms with van der Waals surface area (Å²) in [6, 6.07) is 6.83. The van der Waals surface area contributed by atoms with Gasteiger partial charge in [-0.1, -0.05) is 42.5 Å². The molecular formula is C15H21NO2S. The first kappa shape index (κ1) is 15.7. The molecule has 0 aliphatic rings. The van der Waals surface area contributed by atoms with Crippen LogP contribution in [0.25, 0.3) is 0 Å². The minimum atomic E-state index is -3.38. The van der Waals surface area contributed by atoms with Crippen LogP contribution in [0, 0.1) is 6.92 Å². The van der Waals surface area contributed by atoms with Crippen molar-refractivity contribution in [2.24, 2.45) is 0 Å². The summed E-state index contributed by atoms with van der Waals surface area (Å²) in [5, 5.41) is 0. The van der Waals surface area contributed by atoms with Crippen LogP contribution in [0.1, 0.15) is 24.8 Å². The molecule has 0 aliphatic carbocycles. The fourth-order valence-electron chi connectivity index (χ4n) is 1.59. The number of benzene rings is 1. The molecule has 0 spiro atoms. The Balaban J connectivity index is 2.41. The van der Waals surface area contributed by atoms with Crippen LogP contribution in [0.3, 0.4) is 0 Å². The Morgan fingerprint density at radius 3 is 2.47 bits per heavy atom. The number of hydrogen-bond acceptors (Lipinski definition) is 2. The van der Waals surface area contributed by atoms with Crippen LogP contribution in [-0.2, 0) is 10.0 Å². The Morgan fingerprint density at radius 2 is 1.89 bits per heavy atom. The van der Waals surface area contributed by atoms with Crippen LogP contribution in [0.2, 0.25) is 0 Å². The highest BCUT2D eigenvalue weighted by Gasteiger charge is 2.12. The lowest BCUT2D eigenvalue weighted by atomic mass is 10.1. The molecule has 0 heterocycles. The average molecular weight is 279 g/mol. The van der Waals surface area contributed by atoms with Crippen molar-refractivity contribution >= 4 is 10.0 Å². The predicted octanol–water partition coefficient (Wildman–Crippen LogP) is 3.19. The third kappa shape index (κ3) is 5.41. The SMILES string of the molecule is C=CC(=C)CCCCNS(=O)(=O)c1ccc(C)cc1. The maximum atomic E-state index is 12.0. The highest BCUT2D eigenvalue weighted by molar-refractivity contribution is 7.89. The van der Waals surface area contributed by atoms with Crippen molar-refractivity contribution in [2.75, 3.05) is 6.54 Å². The number of sulfonamides is 1. The van der Waals surface area contributed by atoms with Gasteiger partial charge in [0.05, 0.1) is 4.90 Å². The zero-order chi connectivity index (χ0) is 14.3. The average Bonchev–Trinajstić information content (AvgIpc) is 2.38. The first-order valence-electron chi connectivity index (χ1n) is 6.32. The van der Waals surface area contributed by atoms with Crippen molar-refractivity contribution in [3.8, 4) is 0 Å². The van der Waals surface area contributed by atoms with Gasteiger partial charge in [0.25, 0.3) is 0 Å². The van der Waals surface area contributed by atoms with Gasteiger partial charge < -0.3 is 0 Å². The molecule has 104 valence electrons. The van der Waals surface area contributed by atoms with E-state index in [1.165, 1.54) is 0 Å². The number of hydrogen-bond donors (Lipinski definition) is 1. The van der Waals surface area contributed by atoms with Crippen molar-refractivity contribution < 1.29 is 8.42 Å². The number of allylic oxidation sites excluding steroid dienone is 2. The third-order valence-electron chi connectivity index (χ3n) is 2.84. The maximum absolute atomic E-state index is 12.0. The van der Waals surface area contributed by atoms with Gasteiger partial charge in [0.1, 0.15) is 0 Å². The first-order valence-corrected chi connectivity index (χ1v) is 7.80. The van der Waals surface area contributed by atoms with Crippen molar-refractivity contribution in [3.05, 3.63) is 54.6 Å². The molecule has 1 aromatic rings. The molecule has 0 saturated carbocycles. The Labute approximate surface area is 116 Å². The smallest absolute Gasteiger partial charge is 0.211 e. The van der Waals surface area contributed by atoms with Gasteiger partial charge in [-0.2, -0.15) is 0 Å².